The van der Waals surface area contributed by atoms with Crippen molar-refractivity contribution in [2.45, 2.75) is 24.9 Å². The number of nitrogens with one attached hydrogen (secondary N) is 3. The van der Waals surface area contributed by atoms with Crippen LogP contribution in [0, 0.1) is 0 Å². The summed E-state index contributed by atoms with van der Waals surface area (Å²) >= 11 is 0. The molecule has 1 heterocycles. The summed E-state index contributed by atoms with van der Waals surface area (Å²) in [6.45, 7) is 0. The Bertz CT molecular complexity index is 1330. The zero-order valence-corrected chi connectivity index (χ0v) is 19.7. The van der Waals surface area contributed by atoms with Crippen LogP contribution in [-0.4, -0.2) is 41.0 Å². The SMILES string of the molecule is COc1ccccc1C(NC(=O)[C@H](CCC(=O)O)NC(=O)c1cc2ccccc2[nH]1)c1ccccc1. The number of rotatable bonds is 10. The van der Waals surface area contributed by atoms with Gasteiger partial charge in [0.05, 0.1) is 13.2 Å². The summed E-state index contributed by atoms with van der Waals surface area (Å²) in [4.78, 5) is 40.8. The van der Waals surface area contributed by atoms with Crippen molar-refractivity contribution in [1.29, 1.82) is 0 Å². The Balaban J connectivity index is 1.61. The number of aromatic nitrogens is 1. The molecule has 0 fully saturated rings. The van der Waals surface area contributed by atoms with E-state index in [2.05, 4.69) is 15.6 Å². The van der Waals surface area contributed by atoms with Gasteiger partial charge in [0.15, 0.2) is 0 Å². The molecule has 2 atom stereocenters. The number of fused-ring (bicyclic) bond motifs is 1. The number of aromatic amines is 1. The third kappa shape index (κ3) is 5.72. The van der Waals surface area contributed by atoms with E-state index in [0.717, 1.165) is 22.0 Å². The van der Waals surface area contributed by atoms with Crippen LogP contribution in [0.1, 0.15) is 40.5 Å². The van der Waals surface area contributed by atoms with Crippen molar-refractivity contribution in [2.75, 3.05) is 7.11 Å². The van der Waals surface area contributed by atoms with Crippen LogP contribution < -0.4 is 15.4 Å². The molecular formula is C28H27N3O5. The molecule has 4 aromatic rings. The van der Waals surface area contributed by atoms with E-state index in [9.17, 15) is 19.5 Å². The largest absolute Gasteiger partial charge is 0.496 e. The third-order valence-corrected chi connectivity index (χ3v) is 5.91. The first-order chi connectivity index (χ1) is 17.5. The molecule has 0 radical (unpaired) electrons. The van der Waals surface area contributed by atoms with Crippen LogP contribution >= 0.6 is 0 Å². The van der Waals surface area contributed by atoms with Gasteiger partial charge in [-0.15, -0.1) is 0 Å². The number of H-pyrrole nitrogens is 1. The van der Waals surface area contributed by atoms with Gasteiger partial charge >= 0.3 is 5.97 Å². The maximum absolute atomic E-state index is 13.5. The highest BCUT2D eigenvalue weighted by molar-refractivity contribution is 6.00. The number of carbonyl (C=O) groups is 3. The Labute approximate surface area is 208 Å². The van der Waals surface area contributed by atoms with Gasteiger partial charge in [0.2, 0.25) is 5.91 Å². The molecule has 8 nitrogen and oxygen atoms in total. The molecular weight excluding hydrogens is 458 g/mol. The molecule has 0 spiro atoms. The smallest absolute Gasteiger partial charge is 0.303 e. The highest BCUT2D eigenvalue weighted by Crippen LogP contribution is 2.30. The topological polar surface area (TPSA) is 121 Å². The Morgan fingerprint density at radius 1 is 0.917 bits per heavy atom. The van der Waals surface area contributed by atoms with Crippen molar-refractivity contribution >= 4 is 28.7 Å². The molecule has 4 N–H and O–H groups in total. The first-order valence-electron chi connectivity index (χ1n) is 11.5. The molecule has 0 bridgehead atoms. The van der Waals surface area contributed by atoms with Crippen molar-refractivity contribution in [3.05, 3.63) is 102 Å². The highest BCUT2D eigenvalue weighted by Gasteiger charge is 2.27. The van der Waals surface area contributed by atoms with Gasteiger partial charge in [0.25, 0.3) is 5.91 Å². The van der Waals surface area contributed by atoms with Crippen LogP contribution in [0.2, 0.25) is 0 Å². The maximum atomic E-state index is 13.5. The molecule has 36 heavy (non-hydrogen) atoms. The van der Waals surface area contributed by atoms with Gasteiger partial charge in [0.1, 0.15) is 17.5 Å². The Morgan fingerprint density at radius 3 is 2.33 bits per heavy atom. The standard InChI is InChI=1S/C28H27N3O5/c1-36-24-14-8-6-12-20(24)26(18-9-3-2-4-10-18)31-27(34)22(15-16-25(32)33)30-28(35)23-17-19-11-5-7-13-21(19)29-23/h2-14,17,22,26,29H,15-16H2,1H3,(H,30,35)(H,31,34)(H,32,33)/t22-,26?/m0/s1. The fraction of sp³-hybridized carbons (Fsp3) is 0.179. The van der Waals surface area contributed by atoms with Crippen molar-refractivity contribution in [3.8, 4) is 5.75 Å². The van der Waals surface area contributed by atoms with Crippen LogP contribution in [0.15, 0.2) is 84.9 Å². The number of para-hydroxylation sites is 2. The lowest BCUT2D eigenvalue weighted by Gasteiger charge is -2.25. The predicted octanol–water partition coefficient (Wildman–Crippen LogP) is 4.05. The van der Waals surface area contributed by atoms with E-state index >= 15 is 0 Å². The fourth-order valence-corrected chi connectivity index (χ4v) is 4.10. The quantitative estimate of drug-likeness (QED) is 0.270. The van der Waals surface area contributed by atoms with E-state index in [4.69, 9.17) is 4.74 Å². The second-order valence-corrected chi connectivity index (χ2v) is 8.32. The predicted molar refractivity (Wildman–Crippen MR) is 136 cm³/mol. The van der Waals surface area contributed by atoms with Crippen LogP contribution in [-0.2, 0) is 9.59 Å². The number of aliphatic carboxylic acids is 1. The minimum Gasteiger partial charge on any atom is -0.496 e. The molecule has 0 aliphatic carbocycles. The summed E-state index contributed by atoms with van der Waals surface area (Å²) < 4.78 is 5.52. The number of amides is 2. The Morgan fingerprint density at radius 2 is 1.61 bits per heavy atom. The van der Waals surface area contributed by atoms with Gasteiger partial charge in [0, 0.05) is 22.9 Å². The van der Waals surface area contributed by atoms with Crippen LogP contribution in [0.4, 0.5) is 0 Å². The Hall–Kier alpha value is -4.59. The molecule has 2 amide bonds. The highest BCUT2D eigenvalue weighted by atomic mass is 16.5. The van der Waals surface area contributed by atoms with Gasteiger partial charge < -0.3 is 25.5 Å². The summed E-state index contributed by atoms with van der Waals surface area (Å²) in [6.07, 6.45) is -0.351. The lowest BCUT2D eigenvalue weighted by Crippen LogP contribution is -2.48. The third-order valence-electron chi connectivity index (χ3n) is 5.91. The van der Waals surface area contributed by atoms with Crippen molar-refractivity contribution in [1.82, 2.24) is 15.6 Å². The molecule has 0 aliphatic rings. The molecule has 3 aromatic carbocycles. The first kappa shape index (κ1) is 24.5. The van der Waals surface area contributed by atoms with E-state index in [0.29, 0.717) is 5.75 Å². The normalized spacial score (nSPS) is 12.5. The molecule has 1 unspecified atom stereocenters. The molecule has 0 saturated heterocycles. The monoisotopic (exact) mass is 485 g/mol. The minimum atomic E-state index is -1.07. The van der Waals surface area contributed by atoms with Gasteiger partial charge in [-0.2, -0.15) is 0 Å². The van der Waals surface area contributed by atoms with Crippen molar-refractivity contribution in [3.63, 3.8) is 0 Å². The molecule has 184 valence electrons. The van der Waals surface area contributed by atoms with E-state index in [1.807, 2.05) is 72.8 Å². The number of benzene rings is 3. The Kier molecular flexibility index (Phi) is 7.65. The fourth-order valence-electron chi connectivity index (χ4n) is 4.10. The summed E-state index contributed by atoms with van der Waals surface area (Å²) in [5, 5.41) is 15.8. The summed E-state index contributed by atoms with van der Waals surface area (Å²) in [7, 11) is 1.55. The number of ether oxygens (including phenoxy) is 1. The molecule has 0 aliphatic heterocycles. The lowest BCUT2D eigenvalue weighted by atomic mass is 9.97. The lowest BCUT2D eigenvalue weighted by molar-refractivity contribution is -0.137. The zero-order valence-electron chi connectivity index (χ0n) is 19.7. The summed E-state index contributed by atoms with van der Waals surface area (Å²) in [5.74, 6) is -1.46. The maximum Gasteiger partial charge on any atom is 0.303 e. The number of carboxylic acids is 1. The number of methoxy groups -OCH3 is 1. The van der Waals surface area contributed by atoms with Crippen molar-refractivity contribution < 1.29 is 24.2 Å². The number of hydrogen-bond donors (Lipinski definition) is 4. The second-order valence-electron chi connectivity index (χ2n) is 8.32. The van der Waals surface area contributed by atoms with Crippen molar-refractivity contribution in [2.24, 2.45) is 0 Å². The van der Waals surface area contributed by atoms with Crippen LogP contribution in [0.25, 0.3) is 10.9 Å². The first-order valence-corrected chi connectivity index (χ1v) is 11.5. The van der Waals surface area contributed by atoms with Crippen LogP contribution in [0.5, 0.6) is 5.75 Å². The molecule has 4 rings (SSSR count). The molecule has 8 heteroatoms. The molecule has 1 aromatic heterocycles. The summed E-state index contributed by atoms with van der Waals surface area (Å²) in [6, 6.07) is 24.2. The van der Waals surface area contributed by atoms with E-state index < -0.39 is 29.9 Å². The van der Waals surface area contributed by atoms with E-state index in [-0.39, 0.29) is 18.5 Å². The van der Waals surface area contributed by atoms with Gasteiger partial charge in [-0.3, -0.25) is 14.4 Å². The van der Waals surface area contributed by atoms with Crippen LogP contribution in [0.3, 0.4) is 0 Å². The van der Waals surface area contributed by atoms with Gasteiger partial charge in [-0.25, -0.2) is 0 Å². The molecule has 0 saturated carbocycles. The van der Waals surface area contributed by atoms with Gasteiger partial charge in [-0.1, -0.05) is 66.7 Å². The zero-order chi connectivity index (χ0) is 25.5. The second kappa shape index (κ2) is 11.2. The number of carbonyl (C=O) groups excluding carboxylic acids is 2. The average molecular weight is 486 g/mol. The van der Waals surface area contributed by atoms with E-state index in [1.165, 1.54) is 0 Å². The number of carboxylic acid groups (broad SMARTS) is 1. The number of hydrogen-bond acceptors (Lipinski definition) is 4. The minimum absolute atomic E-state index is 0.0689. The van der Waals surface area contributed by atoms with E-state index in [1.54, 1.807) is 19.2 Å². The van der Waals surface area contributed by atoms with Gasteiger partial charge in [-0.05, 0) is 30.2 Å². The average Bonchev–Trinajstić information content (AvgIpc) is 3.34. The summed E-state index contributed by atoms with van der Waals surface area (Å²) in [5.41, 5.74) is 2.62.